The maximum atomic E-state index is 14.8. The SMILES string of the molecule is Cc1nc(-c2ccc(CC(C)(C)C)cc2)ncc1C(=O)C[C@@H](CCN)C(=O)N(C)[C@@H]1C(=O)C[C@@H](C)C(=O)N[C@H](C(=O)CCC#N)Cc2ccc(OCCN)c(c2)-c2cc1ccc2OCCN.S. The standard InChI is InChI=1S/C51H64N8O7.H2S/c1-31-24-44(62)47(59(6)50(64)37(17-19-53)28-43(61)40-30-56-48(57-32(40)2)35-12-9-33(10-13-35)29-51(3,4)5)36-14-16-46(66-23-21-55)39(27-36)38-25-34(11-15-45(38)65-22-20-54)26-41(58-49(31)63)42(60)8-7-18-52;/h9-16,25,27,30-31,37,41,47H,7-8,17,19-24,26,28-29,53-55H2,1-6H3,(H,58,63);1H2/t31-,37-,41+,47+;/m1./s1. The largest absolute Gasteiger partial charge is 0.492 e. The van der Waals surface area contributed by atoms with Crippen molar-refractivity contribution in [3.63, 3.8) is 0 Å². The molecule has 0 saturated heterocycles. The topological polar surface area (TPSA) is 247 Å². The number of amides is 2. The fourth-order valence-electron chi connectivity index (χ4n) is 8.24. The van der Waals surface area contributed by atoms with E-state index in [0.29, 0.717) is 45.3 Å². The highest BCUT2D eigenvalue weighted by atomic mass is 32.1. The van der Waals surface area contributed by atoms with Gasteiger partial charge in [0.25, 0.3) is 0 Å². The summed E-state index contributed by atoms with van der Waals surface area (Å²) in [5, 5.41) is 12.1. The predicted molar refractivity (Wildman–Crippen MR) is 263 cm³/mol. The number of Topliss-reactive ketones (excluding diaryl/α,β-unsaturated/α-hetero) is 3. The quantitative estimate of drug-likeness (QED) is 0.0871. The molecule has 0 unspecified atom stereocenters. The van der Waals surface area contributed by atoms with Crippen molar-refractivity contribution in [2.45, 2.75) is 91.6 Å². The molecule has 0 radical (unpaired) electrons. The van der Waals surface area contributed by atoms with E-state index in [4.69, 9.17) is 26.7 Å². The number of nitriles is 1. The summed E-state index contributed by atoms with van der Waals surface area (Å²) in [6.45, 7) is 10.7. The Bertz CT molecular complexity index is 2430. The van der Waals surface area contributed by atoms with Gasteiger partial charge in [0.15, 0.2) is 23.2 Å². The predicted octanol–water partition coefficient (Wildman–Crippen LogP) is 5.74. The minimum absolute atomic E-state index is 0. The van der Waals surface area contributed by atoms with E-state index in [1.54, 1.807) is 44.2 Å². The van der Waals surface area contributed by atoms with E-state index in [0.717, 1.165) is 12.0 Å². The lowest BCUT2D eigenvalue weighted by Gasteiger charge is -2.32. The minimum atomic E-state index is -1.24. The summed E-state index contributed by atoms with van der Waals surface area (Å²) in [5.41, 5.74) is 22.8. The molecule has 358 valence electrons. The molecule has 1 aromatic heterocycles. The van der Waals surface area contributed by atoms with Crippen LogP contribution in [0.4, 0.5) is 0 Å². The number of fused-ring (bicyclic) bond motifs is 5. The molecule has 4 bridgehead atoms. The van der Waals surface area contributed by atoms with Crippen molar-refractivity contribution in [1.29, 1.82) is 5.26 Å². The summed E-state index contributed by atoms with van der Waals surface area (Å²) in [5.74, 6) is -2.70. The highest BCUT2D eigenvalue weighted by molar-refractivity contribution is 7.59. The number of hydrogen-bond acceptors (Lipinski definition) is 13. The lowest BCUT2D eigenvalue weighted by Crippen LogP contribution is -2.46. The van der Waals surface area contributed by atoms with Gasteiger partial charge in [0.1, 0.15) is 30.8 Å². The molecule has 67 heavy (non-hydrogen) atoms. The number of benzene rings is 3. The molecule has 1 aliphatic rings. The molecule has 2 heterocycles. The van der Waals surface area contributed by atoms with Crippen molar-refractivity contribution in [2.75, 3.05) is 39.9 Å². The number of rotatable bonds is 18. The van der Waals surface area contributed by atoms with E-state index in [2.05, 4.69) is 48.2 Å². The lowest BCUT2D eigenvalue weighted by molar-refractivity contribution is -0.142. The fraction of sp³-hybridized carbons (Fsp3) is 0.451. The number of aromatic nitrogens is 2. The number of nitrogens with one attached hydrogen (secondary N) is 1. The molecule has 0 fully saturated rings. The number of ketones is 3. The van der Waals surface area contributed by atoms with Gasteiger partial charge in [-0.1, -0.05) is 64.1 Å². The lowest BCUT2D eigenvalue weighted by atomic mass is 9.88. The monoisotopic (exact) mass is 934 g/mol. The zero-order valence-corrected chi connectivity index (χ0v) is 40.5. The molecule has 1 aliphatic heterocycles. The normalized spacial score (nSPS) is 16.6. The molecule has 7 N–H and O–H groups in total. The van der Waals surface area contributed by atoms with Crippen molar-refractivity contribution in [3.05, 3.63) is 94.8 Å². The molecule has 0 aliphatic carbocycles. The Balaban J connectivity index is 0.00000980. The molecule has 15 nitrogen and oxygen atoms in total. The number of carbonyl (C=O) groups excluding carboxylic acids is 5. The van der Waals surface area contributed by atoms with E-state index >= 15 is 0 Å². The zero-order chi connectivity index (χ0) is 48.1. The van der Waals surface area contributed by atoms with Crippen LogP contribution in [0.15, 0.2) is 66.9 Å². The maximum absolute atomic E-state index is 14.8. The fourth-order valence-corrected chi connectivity index (χ4v) is 8.24. The first-order valence-electron chi connectivity index (χ1n) is 22.6. The molecule has 0 spiro atoms. The Morgan fingerprint density at radius 2 is 1.57 bits per heavy atom. The van der Waals surface area contributed by atoms with Crippen LogP contribution in [0.3, 0.4) is 0 Å². The van der Waals surface area contributed by atoms with E-state index < -0.39 is 41.5 Å². The van der Waals surface area contributed by atoms with Crippen molar-refractivity contribution in [2.24, 2.45) is 34.5 Å². The molecule has 0 saturated carbocycles. The second kappa shape index (κ2) is 24.7. The molecular formula is C51H66N8O7S. The second-order valence-corrected chi connectivity index (χ2v) is 18.2. The Kier molecular flexibility index (Phi) is 19.8. The Morgan fingerprint density at radius 3 is 2.16 bits per heavy atom. The van der Waals surface area contributed by atoms with Gasteiger partial charge in [-0.05, 0) is 79.1 Å². The third kappa shape index (κ3) is 14.3. The average molecular weight is 935 g/mol. The van der Waals surface area contributed by atoms with Crippen LogP contribution < -0.4 is 32.0 Å². The molecule has 2 amide bonds. The highest BCUT2D eigenvalue weighted by Gasteiger charge is 2.36. The van der Waals surface area contributed by atoms with Gasteiger partial charge in [-0.25, -0.2) is 9.97 Å². The maximum Gasteiger partial charge on any atom is 0.226 e. The third-order valence-electron chi connectivity index (χ3n) is 11.5. The van der Waals surface area contributed by atoms with Gasteiger partial charge in [0, 0.05) is 80.5 Å². The summed E-state index contributed by atoms with van der Waals surface area (Å²) in [7, 11) is 1.50. The minimum Gasteiger partial charge on any atom is -0.492 e. The van der Waals surface area contributed by atoms with Crippen molar-refractivity contribution >= 4 is 42.7 Å². The van der Waals surface area contributed by atoms with Gasteiger partial charge in [-0.15, -0.1) is 0 Å². The number of nitrogens with zero attached hydrogens (tertiary/aromatic N) is 4. The number of likely N-dealkylation sites (N-methyl/N-ethyl adjacent to an activating group) is 1. The van der Waals surface area contributed by atoms with Gasteiger partial charge >= 0.3 is 0 Å². The van der Waals surface area contributed by atoms with Gasteiger partial charge < -0.3 is 36.9 Å². The average Bonchev–Trinajstić information content (AvgIpc) is 3.28. The van der Waals surface area contributed by atoms with Crippen molar-refractivity contribution in [3.8, 4) is 40.1 Å². The van der Waals surface area contributed by atoms with Crippen LogP contribution in [0, 0.1) is 35.5 Å². The number of aryl methyl sites for hydroxylation is 1. The van der Waals surface area contributed by atoms with Gasteiger partial charge in [0.2, 0.25) is 11.8 Å². The van der Waals surface area contributed by atoms with E-state index in [1.807, 2.05) is 24.3 Å². The van der Waals surface area contributed by atoms with Crippen molar-refractivity contribution < 1.29 is 33.4 Å². The van der Waals surface area contributed by atoms with Crippen LogP contribution >= 0.6 is 13.5 Å². The summed E-state index contributed by atoms with van der Waals surface area (Å²) in [6, 6.07) is 18.3. The van der Waals surface area contributed by atoms with E-state index in [1.165, 1.54) is 23.7 Å². The highest BCUT2D eigenvalue weighted by Crippen LogP contribution is 2.41. The second-order valence-electron chi connectivity index (χ2n) is 18.2. The molecule has 4 aromatic rings. The zero-order valence-electron chi connectivity index (χ0n) is 39.5. The van der Waals surface area contributed by atoms with Crippen LogP contribution in [0.25, 0.3) is 22.5 Å². The first-order chi connectivity index (χ1) is 31.5. The molecule has 4 atom stereocenters. The molecule has 3 aromatic carbocycles. The molecular weight excluding hydrogens is 869 g/mol. The first-order valence-corrected chi connectivity index (χ1v) is 22.6. The molecule has 5 rings (SSSR count). The van der Waals surface area contributed by atoms with Gasteiger partial charge in [-0.2, -0.15) is 18.8 Å². The number of carbonyl (C=O) groups is 5. The number of hydrogen-bond donors (Lipinski definition) is 4. The smallest absolute Gasteiger partial charge is 0.226 e. The van der Waals surface area contributed by atoms with Crippen LogP contribution in [0.1, 0.15) is 98.6 Å². The Hall–Kier alpha value is -5.99. The number of ether oxygens (including phenoxy) is 2. The van der Waals surface area contributed by atoms with Gasteiger partial charge in [0.05, 0.1) is 23.4 Å². The van der Waals surface area contributed by atoms with Crippen LogP contribution in [-0.2, 0) is 32.0 Å². The molecule has 16 heteroatoms. The van der Waals surface area contributed by atoms with Crippen LogP contribution in [0.2, 0.25) is 0 Å². The Morgan fingerprint density at radius 1 is 0.925 bits per heavy atom. The van der Waals surface area contributed by atoms with Crippen molar-refractivity contribution in [1.82, 2.24) is 20.2 Å². The van der Waals surface area contributed by atoms with Gasteiger partial charge in [-0.3, -0.25) is 24.0 Å². The summed E-state index contributed by atoms with van der Waals surface area (Å²) < 4.78 is 12.3. The van der Waals surface area contributed by atoms with Crippen LogP contribution in [-0.4, -0.2) is 90.0 Å². The van der Waals surface area contributed by atoms with Crippen LogP contribution in [0.5, 0.6) is 11.5 Å². The summed E-state index contributed by atoms with van der Waals surface area (Å²) in [4.78, 5) is 81.3. The summed E-state index contributed by atoms with van der Waals surface area (Å²) >= 11 is 0. The third-order valence-corrected chi connectivity index (χ3v) is 11.5. The van der Waals surface area contributed by atoms with E-state index in [-0.39, 0.29) is 107 Å². The first kappa shape index (κ1) is 53.6. The summed E-state index contributed by atoms with van der Waals surface area (Å²) in [6.07, 6.45) is 2.01. The van der Waals surface area contributed by atoms with E-state index in [9.17, 15) is 29.2 Å². The Labute approximate surface area is 401 Å². The number of nitrogens with two attached hydrogens (primary N) is 3.